The van der Waals surface area contributed by atoms with E-state index in [2.05, 4.69) is 0 Å². The van der Waals surface area contributed by atoms with Gasteiger partial charge in [0.2, 0.25) is 0 Å². The molecule has 0 heterocycles. The molecule has 0 spiro atoms. The van der Waals surface area contributed by atoms with Crippen LogP contribution in [-0.2, 0) is 14.2 Å². The molecule has 0 aliphatic rings. The van der Waals surface area contributed by atoms with Gasteiger partial charge in [0.15, 0.2) is 11.5 Å². The molecule has 1 amide bonds. The third kappa shape index (κ3) is 7.56. The van der Waals surface area contributed by atoms with Crippen LogP contribution in [-0.4, -0.2) is 59.9 Å². The summed E-state index contributed by atoms with van der Waals surface area (Å²) in [5.41, 5.74) is 0.743. The molecule has 0 unspecified atom stereocenters. The monoisotopic (exact) mass is 389 g/mol. The van der Waals surface area contributed by atoms with Crippen molar-refractivity contribution < 1.29 is 28.5 Å². The number of carbonyl (C=O) groups excluding carboxylic acids is 1. The van der Waals surface area contributed by atoms with E-state index in [1.54, 1.807) is 32.4 Å². The summed E-state index contributed by atoms with van der Waals surface area (Å²) in [5, 5.41) is 0. The second-order valence-corrected chi connectivity index (χ2v) is 5.78. The molecule has 0 saturated heterocycles. The zero-order valence-corrected chi connectivity index (χ0v) is 16.3. The second kappa shape index (κ2) is 12.7. The van der Waals surface area contributed by atoms with E-state index in [9.17, 15) is 4.79 Å². The van der Waals surface area contributed by atoms with Crippen molar-refractivity contribution in [2.45, 2.75) is 0 Å². The zero-order valence-electron chi connectivity index (χ0n) is 16.3. The van der Waals surface area contributed by atoms with Crippen LogP contribution in [0.3, 0.4) is 0 Å². The fraction of sp³-hybridized carbons (Fsp3) is 0.381. The number of benzene rings is 2. The predicted molar refractivity (Wildman–Crippen MR) is 106 cm³/mol. The number of ether oxygens (including phenoxy) is 5. The highest BCUT2D eigenvalue weighted by Gasteiger charge is 2.15. The Hall–Kier alpha value is -2.61. The van der Waals surface area contributed by atoms with Crippen molar-refractivity contribution in [1.29, 1.82) is 0 Å². The van der Waals surface area contributed by atoms with Gasteiger partial charge in [-0.2, -0.15) is 0 Å². The summed E-state index contributed by atoms with van der Waals surface area (Å²) in [6.45, 7) is 2.83. The van der Waals surface area contributed by atoms with Gasteiger partial charge >= 0.3 is 6.09 Å². The van der Waals surface area contributed by atoms with Gasteiger partial charge in [-0.1, -0.05) is 30.3 Å². The Morgan fingerprint density at radius 3 is 2.04 bits per heavy atom. The van der Waals surface area contributed by atoms with Gasteiger partial charge < -0.3 is 23.7 Å². The molecule has 0 N–H and O–H groups in total. The Balaban J connectivity index is 1.75. The van der Waals surface area contributed by atoms with Gasteiger partial charge in [-0.05, 0) is 24.3 Å². The van der Waals surface area contributed by atoms with Crippen molar-refractivity contribution in [1.82, 2.24) is 0 Å². The van der Waals surface area contributed by atoms with E-state index in [1.165, 1.54) is 4.90 Å². The van der Waals surface area contributed by atoms with Crippen molar-refractivity contribution in [3.63, 3.8) is 0 Å². The Morgan fingerprint density at radius 2 is 1.36 bits per heavy atom. The summed E-state index contributed by atoms with van der Waals surface area (Å²) in [4.78, 5) is 13.8. The van der Waals surface area contributed by atoms with Gasteiger partial charge in [-0.15, -0.1) is 0 Å². The van der Waals surface area contributed by atoms with E-state index in [4.69, 9.17) is 23.7 Å². The standard InChI is InChI=1S/C21H27NO6/c1-22(18-8-4-3-5-9-18)21(23)28-20-11-7-6-10-19(20)27-17-16-26-15-14-25-13-12-24-2/h3-11H,12-17H2,1-2H3. The normalized spacial score (nSPS) is 10.5. The van der Waals surface area contributed by atoms with Gasteiger partial charge in [-0.3, -0.25) is 4.90 Å². The second-order valence-electron chi connectivity index (χ2n) is 5.78. The van der Waals surface area contributed by atoms with Crippen molar-refractivity contribution >= 4 is 11.8 Å². The lowest BCUT2D eigenvalue weighted by molar-refractivity contribution is 0.0178. The topological polar surface area (TPSA) is 66.5 Å². The first-order valence-electron chi connectivity index (χ1n) is 9.09. The van der Waals surface area contributed by atoms with E-state index in [-0.39, 0.29) is 0 Å². The van der Waals surface area contributed by atoms with E-state index in [0.717, 1.165) is 5.69 Å². The molecule has 7 heteroatoms. The van der Waals surface area contributed by atoms with Crippen molar-refractivity contribution in [2.24, 2.45) is 0 Å². The lowest BCUT2D eigenvalue weighted by Crippen LogP contribution is -2.29. The van der Waals surface area contributed by atoms with E-state index >= 15 is 0 Å². The molecule has 0 bridgehead atoms. The molecule has 0 aliphatic heterocycles. The van der Waals surface area contributed by atoms with Crippen molar-refractivity contribution in [2.75, 3.05) is 58.7 Å². The molecular formula is C21H27NO6. The summed E-state index contributed by atoms with van der Waals surface area (Å²) in [7, 11) is 3.29. The number of methoxy groups -OCH3 is 1. The summed E-state index contributed by atoms with van der Waals surface area (Å²) in [5.74, 6) is 0.843. The Bertz CT molecular complexity index is 694. The number of rotatable bonds is 12. The van der Waals surface area contributed by atoms with E-state index in [0.29, 0.717) is 51.1 Å². The quantitative estimate of drug-likeness (QED) is 0.519. The third-order valence-electron chi connectivity index (χ3n) is 3.75. The fourth-order valence-electron chi connectivity index (χ4n) is 2.25. The molecule has 152 valence electrons. The lowest BCUT2D eigenvalue weighted by atomic mass is 10.3. The number of amides is 1. The van der Waals surface area contributed by atoms with Crippen LogP contribution in [0.1, 0.15) is 0 Å². The minimum absolute atomic E-state index is 0.334. The molecular weight excluding hydrogens is 362 g/mol. The average Bonchev–Trinajstić information content (AvgIpc) is 2.73. The van der Waals surface area contributed by atoms with Gasteiger partial charge in [0.1, 0.15) is 6.61 Å². The van der Waals surface area contributed by atoms with E-state index < -0.39 is 6.09 Å². The number of carbonyl (C=O) groups is 1. The molecule has 2 aromatic carbocycles. The van der Waals surface area contributed by atoms with Crippen LogP contribution in [0.4, 0.5) is 10.5 Å². The number of hydrogen-bond acceptors (Lipinski definition) is 6. The number of para-hydroxylation sites is 3. The maximum Gasteiger partial charge on any atom is 0.419 e. The van der Waals surface area contributed by atoms with Crippen LogP contribution in [0.25, 0.3) is 0 Å². The first-order valence-corrected chi connectivity index (χ1v) is 9.09. The van der Waals surface area contributed by atoms with Crippen LogP contribution < -0.4 is 14.4 Å². The highest BCUT2D eigenvalue weighted by atomic mass is 16.6. The molecule has 0 atom stereocenters. The Labute approximate surface area is 165 Å². The molecule has 2 aromatic rings. The molecule has 0 aliphatic carbocycles. The highest BCUT2D eigenvalue weighted by molar-refractivity contribution is 5.88. The molecule has 0 radical (unpaired) electrons. The SMILES string of the molecule is COCCOCCOCCOc1ccccc1OC(=O)N(C)c1ccccc1. The van der Waals surface area contributed by atoms with Crippen LogP contribution >= 0.6 is 0 Å². The largest absolute Gasteiger partial charge is 0.487 e. The zero-order chi connectivity index (χ0) is 20.0. The van der Waals surface area contributed by atoms with Crippen LogP contribution in [0.5, 0.6) is 11.5 Å². The Morgan fingerprint density at radius 1 is 0.786 bits per heavy atom. The van der Waals surface area contributed by atoms with Crippen LogP contribution in [0, 0.1) is 0 Å². The molecule has 2 rings (SSSR count). The van der Waals surface area contributed by atoms with Crippen LogP contribution in [0.2, 0.25) is 0 Å². The van der Waals surface area contributed by atoms with Gasteiger partial charge in [0.05, 0.1) is 33.0 Å². The fourth-order valence-corrected chi connectivity index (χ4v) is 2.25. The minimum atomic E-state index is -0.494. The summed E-state index contributed by atoms with van der Waals surface area (Å²) in [6.07, 6.45) is -0.494. The Kier molecular flexibility index (Phi) is 9.85. The number of nitrogens with zero attached hydrogens (tertiary/aromatic N) is 1. The minimum Gasteiger partial charge on any atom is -0.487 e. The summed E-state index contributed by atoms with van der Waals surface area (Å²) >= 11 is 0. The molecule has 7 nitrogen and oxygen atoms in total. The third-order valence-corrected chi connectivity index (χ3v) is 3.75. The molecule has 0 aromatic heterocycles. The van der Waals surface area contributed by atoms with Crippen molar-refractivity contribution in [3.05, 3.63) is 54.6 Å². The van der Waals surface area contributed by atoms with Gasteiger partial charge in [0, 0.05) is 19.8 Å². The highest BCUT2D eigenvalue weighted by Crippen LogP contribution is 2.27. The number of anilines is 1. The number of hydrogen-bond donors (Lipinski definition) is 0. The lowest BCUT2D eigenvalue weighted by Gasteiger charge is -2.18. The smallest absolute Gasteiger partial charge is 0.419 e. The van der Waals surface area contributed by atoms with Crippen molar-refractivity contribution in [3.8, 4) is 11.5 Å². The maximum absolute atomic E-state index is 12.4. The first kappa shape index (κ1) is 21.7. The summed E-state index contributed by atoms with van der Waals surface area (Å²) in [6, 6.07) is 16.3. The maximum atomic E-state index is 12.4. The molecule has 0 saturated carbocycles. The molecule has 28 heavy (non-hydrogen) atoms. The first-order chi connectivity index (χ1) is 13.7. The van der Waals surface area contributed by atoms with Gasteiger partial charge in [-0.25, -0.2) is 4.79 Å². The molecule has 0 fully saturated rings. The van der Waals surface area contributed by atoms with Crippen LogP contribution in [0.15, 0.2) is 54.6 Å². The van der Waals surface area contributed by atoms with E-state index in [1.807, 2.05) is 36.4 Å². The predicted octanol–water partition coefficient (Wildman–Crippen LogP) is 3.38. The summed E-state index contributed by atoms with van der Waals surface area (Å²) < 4.78 is 26.8. The average molecular weight is 389 g/mol. The van der Waals surface area contributed by atoms with Gasteiger partial charge in [0.25, 0.3) is 0 Å².